The third-order valence-electron chi connectivity index (χ3n) is 3.85. The molecule has 3 nitrogen and oxygen atoms in total. The Morgan fingerprint density at radius 2 is 1.71 bits per heavy atom. The lowest BCUT2D eigenvalue weighted by Crippen LogP contribution is -2.53. The number of piperazine rings is 1. The van der Waals surface area contributed by atoms with Crippen molar-refractivity contribution >= 4 is 0 Å². The van der Waals surface area contributed by atoms with E-state index >= 15 is 0 Å². The lowest BCUT2D eigenvalue weighted by atomic mass is 10.0. The first-order valence-corrected chi connectivity index (χ1v) is 6.09. The average Bonchev–Trinajstić information content (AvgIpc) is 2.96. The Morgan fingerprint density at radius 1 is 1.00 bits per heavy atom. The maximum atomic E-state index is 3.35. The van der Waals surface area contributed by atoms with E-state index in [2.05, 4.69) is 15.1 Å². The van der Waals surface area contributed by atoms with Gasteiger partial charge in [0.15, 0.2) is 0 Å². The predicted molar refractivity (Wildman–Crippen MR) is 57.4 cm³/mol. The molecule has 0 aromatic rings. The highest BCUT2D eigenvalue weighted by Gasteiger charge is 2.31. The normalized spacial score (nSPS) is 31.7. The van der Waals surface area contributed by atoms with E-state index in [1.54, 1.807) is 0 Å². The maximum absolute atomic E-state index is 3.35. The van der Waals surface area contributed by atoms with Crippen LogP contribution in [0.4, 0.5) is 0 Å². The molecule has 2 saturated heterocycles. The van der Waals surface area contributed by atoms with Crippen molar-refractivity contribution in [1.29, 1.82) is 0 Å². The molecule has 3 fully saturated rings. The number of nitrogens with zero attached hydrogens (tertiary/aromatic N) is 2. The molecule has 2 heterocycles. The second-order valence-electron chi connectivity index (χ2n) is 5.09. The van der Waals surface area contributed by atoms with Crippen LogP contribution >= 0.6 is 0 Å². The molecule has 3 heteroatoms. The van der Waals surface area contributed by atoms with Gasteiger partial charge in [0.1, 0.15) is 0 Å². The Morgan fingerprint density at radius 3 is 2.21 bits per heavy atom. The zero-order valence-electron chi connectivity index (χ0n) is 8.91. The molecule has 0 radical (unpaired) electrons. The summed E-state index contributed by atoms with van der Waals surface area (Å²) in [4.78, 5) is 5.35. The Hall–Kier alpha value is -0.120. The van der Waals surface area contributed by atoms with Crippen molar-refractivity contribution in [3.63, 3.8) is 0 Å². The minimum absolute atomic E-state index is 0.947. The molecule has 1 N–H and O–H groups in total. The lowest BCUT2D eigenvalue weighted by Gasteiger charge is -2.38. The van der Waals surface area contributed by atoms with Crippen molar-refractivity contribution in [1.82, 2.24) is 15.1 Å². The average molecular weight is 195 g/mol. The quantitative estimate of drug-likeness (QED) is 0.683. The van der Waals surface area contributed by atoms with Crippen molar-refractivity contribution in [3.8, 4) is 0 Å². The van der Waals surface area contributed by atoms with Crippen LogP contribution in [0.1, 0.15) is 12.8 Å². The van der Waals surface area contributed by atoms with Crippen LogP contribution in [-0.2, 0) is 0 Å². The number of rotatable bonds is 3. The molecule has 1 saturated carbocycles. The molecule has 0 aromatic carbocycles. The number of hydrogen-bond donors (Lipinski definition) is 1. The van der Waals surface area contributed by atoms with Gasteiger partial charge in [-0.3, -0.25) is 4.90 Å². The summed E-state index contributed by atoms with van der Waals surface area (Å²) in [5.74, 6) is 0.947. The molecule has 1 aliphatic carbocycles. The van der Waals surface area contributed by atoms with Gasteiger partial charge in [-0.25, -0.2) is 0 Å². The standard InChI is InChI=1S/C11H21N3/c1-2-11(1)14-5-3-13(4-6-14)9-10-7-12-8-10/h10-12H,1-9H2. The van der Waals surface area contributed by atoms with Crippen LogP contribution in [0.2, 0.25) is 0 Å². The third-order valence-corrected chi connectivity index (χ3v) is 3.85. The first-order valence-electron chi connectivity index (χ1n) is 6.09. The Balaban J connectivity index is 1.40. The van der Waals surface area contributed by atoms with E-state index in [-0.39, 0.29) is 0 Å². The summed E-state index contributed by atoms with van der Waals surface area (Å²) in [5.41, 5.74) is 0. The maximum Gasteiger partial charge on any atom is 0.0113 e. The highest BCUT2D eigenvalue weighted by atomic mass is 15.3. The highest BCUT2D eigenvalue weighted by molar-refractivity contribution is 4.88. The second kappa shape index (κ2) is 3.80. The molecule has 0 atom stereocenters. The summed E-state index contributed by atoms with van der Waals surface area (Å²) < 4.78 is 0. The smallest absolute Gasteiger partial charge is 0.0113 e. The van der Waals surface area contributed by atoms with Gasteiger partial charge in [-0.2, -0.15) is 0 Å². The fourth-order valence-corrected chi connectivity index (χ4v) is 2.59. The van der Waals surface area contributed by atoms with Crippen LogP contribution < -0.4 is 5.32 Å². The molecule has 80 valence electrons. The molecule has 0 spiro atoms. The van der Waals surface area contributed by atoms with Gasteiger partial charge in [0.05, 0.1) is 0 Å². The fourth-order valence-electron chi connectivity index (χ4n) is 2.59. The van der Waals surface area contributed by atoms with Gasteiger partial charge in [-0.05, 0) is 18.8 Å². The highest BCUT2D eigenvalue weighted by Crippen LogP contribution is 2.27. The van der Waals surface area contributed by atoms with Gasteiger partial charge < -0.3 is 10.2 Å². The first kappa shape index (κ1) is 9.13. The zero-order chi connectivity index (χ0) is 9.38. The number of hydrogen-bond acceptors (Lipinski definition) is 3. The fraction of sp³-hybridized carbons (Fsp3) is 1.00. The van der Waals surface area contributed by atoms with E-state index in [1.165, 1.54) is 58.7 Å². The van der Waals surface area contributed by atoms with Crippen LogP contribution in [-0.4, -0.2) is 61.7 Å². The summed E-state index contributed by atoms with van der Waals surface area (Å²) in [6.45, 7) is 9.12. The van der Waals surface area contributed by atoms with Crippen molar-refractivity contribution < 1.29 is 0 Å². The molecule has 0 amide bonds. The molecular formula is C11H21N3. The molecule has 2 aliphatic heterocycles. The first-order chi connectivity index (χ1) is 6.92. The Labute approximate surface area is 86.4 Å². The molecule has 0 aromatic heterocycles. The van der Waals surface area contributed by atoms with E-state index in [9.17, 15) is 0 Å². The monoisotopic (exact) mass is 195 g/mol. The van der Waals surface area contributed by atoms with Gasteiger partial charge in [-0.1, -0.05) is 0 Å². The van der Waals surface area contributed by atoms with Crippen molar-refractivity contribution in [3.05, 3.63) is 0 Å². The zero-order valence-corrected chi connectivity index (χ0v) is 8.91. The van der Waals surface area contributed by atoms with Crippen molar-refractivity contribution in [2.24, 2.45) is 5.92 Å². The molecule has 14 heavy (non-hydrogen) atoms. The minimum Gasteiger partial charge on any atom is -0.316 e. The van der Waals surface area contributed by atoms with E-state index in [1.807, 2.05) is 0 Å². The Kier molecular flexibility index (Phi) is 2.48. The summed E-state index contributed by atoms with van der Waals surface area (Å²) in [5, 5.41) is 3.35. The third kappa shape index (κ3) is 1.95. The summed E-state index contributed by atoms with van der Waals surface area (Å²) in [6, 6.07) is 0.975. The van der Waals surface area contributed by atoms with Gasteiger partial charge >= 0.3 is 0 Å². The Bertz CT molecular complexity index is 191. The van der Waals surface area contributed by atoms with Gasteiger partial charge in [0, 0.05) is 51.9 Å². The van der Waals surface area contributed by atoms with Gasteiger partial charge in [0.2, 0.25) is 0 Å². The van der Waals surface area contributed by atoms with Crippen LogP contribution in [0.3, 0.4) is 0 Å². The topological polar surface area (TPSA) is 18.5 Å². The molecule has 3 aliphatic rings. The van der Waals surface area contributed by atoms with Crippen LogP contribution in [0.5, 0.6) is 0 Å². The predicted octanol–water partition coefficient (Wildman–Crippen LogP) is -0.0142. The van der Waals surface area contributed by atoms with Gasteiger partial charge in [-0.15, -0.1) is 0 Å². The number of nitrogens with one attached hydrogen (secondary N) is 1. The van der Waals surface area contributed by atoms with E-state index in [0.717, 1.165) is 12.0 Å². The van der Waals surface area contributed by atoms with Crippen LogP contribution in [0.25, 0.3) is 0 Å². The second-order valence-corrected chi connectivity index (χ2v) is 5.09. The molecular weight excluding hydrogens is 174 g/mol. The van der Waals surface area contributed by atoms with E-state index in [0.29, 0.717) is 0 Å². The van der Waals surface area contributed by atoms with Gasteiger partial charge in [0.25, 0.3) is 0 Å². The minimum atomic E-state index is 0.947. The van der Waals surface area contributed by atoms with E-state index in [4.69, 9.17) is 0 Å². The lowest BCUT2D eigenvalue weighted by molar-refractivity contribution is 0.102. The van der Waals surface area contributed by atoms with Crippen molar-refractivity contribution in [2.75, 3.05) is 45.8 Å². The molecule has 0 unspecified atom stereocenters. The summed E-state index contributed by atoms with van der Waals surface area (Å²) >= 11 is 0. The SMILES string of the molecule is C1NCC1CN1CCN(C2CC2)CC1. The molecule has 3 rings (SSSR count). The van der Waals surface area contributed by atoms with Crippen LogP contribution in [0, 0.1) is 5.92 Å². The van der Waals surface area contributed by atoms with Crippen LogP contribution in [0.15, 0.2) is 0 Å². The molecule has 0 bridgehead atoms. The summed E-state index contributed by atoms with van der Waals surface area (Å²) in [6.07, 6.45) is 2.93. The summed E-state index contributed by atoms with van der Waals surface area (Å²) in [7, 11) is 0. The largest absolute Gasteiger partial charge is 0.316 e. The van der Waals surface area contributed by atoms with E-state index < -0.39 is 0 Å². The van der Waals surface area contributed by atoms with Crippen molar-refractivity contribution in [2.45, 2.75) is 18.9 Å².